The summed E-state index contributed by atoms with van der Waals surface area (Å²) in [5.41, 5.74) is 0.303. The number of anilines is 1. The number of carbonyl (C=O) groups is 2. The molecule has 2 amide bonds. The van der Waals surface area contributed by atoms with Crippen molar-refractivity contribution in [1.29, 1.82) is 0 Å². The quantitative estimate of drug-likeness (QED) is 0.827. The Morgan fingerprint density at radius 2 is 2.06 bits per heavy atom. The second-order valence-electron chi connectivity index (χ2n) is 3.53. The molecule has 5 nitrogen and oxygen atoms in total. The Hall–Kier alpha value is -1.30. The van der Waals surface area contributed by atoms with E-state index < -0.39 is 11.8 Å². The van der Waals surface area contributed by atoms with Crippen molar-refractivity contribution in [3.8, 4) is 0 Å². The first-order chi connectivity index (χ1) is 8.45. The van der Waals surface area contributed by atoms with E-state index in [1.807, 2.05) is 0 Å². The number of hydrogen-bond donors (Lipinski definition) is 2. The average molecular weight is 291 g/mol. The number of amides is 2. The van der Waals surface area contributed by atoms with Crippen molar-refractivity contribution in [3.05, 3.63) is 28.2 Å². The molecule has 98 valence electrons. The van der Waals surface area contributed by atoms with Crippen molar-refractivity contribution in [3.63, 3.8) is 0 Å². The Balaban J connectivity index is 2.72. The molecular formula is C11H12Cl2N2O3. The number of nitrogens with zero attached hydrogens (tertiary/aromatic N) is 1. The maximum Gasteiger partial charge on any atom is 0.313 e. The van der Waals surface area contributed by atoms with Crippen LogP contribution >= 0.6 is 23.2 Å². The second-order valence-corrected chi connectivity index (χ2v) is 4.37. The highest BCUT2D eigenvalue weighted by atomic mass is 35.5. The molecule has 18 heavy (non-hydrogen) atoms. The predicted molar refractivity (Wildman–Crippen MR) is 69.8 cm³/mol. The fraction of sp³-hybridized carbons (Fsp3) is 0.273. The maximum atomic E-state index is 11.6. The minimum atomic E-state index is -0.824. The summed E-state index contributed by atoms with van der Waals surface area (Å²) < 4.78 is 0. The molecule has 0 aliphatic carbocycles. The van der Waals surface area contributed by atoms with Crippen molar-refractivity contribution in [1.82, 2.24) is 4.90 Å². The number of carbonyl (C=O) groups excluding carboxylic acids is 2. The number of hydrogen-bond acceptors (Lipinski definition) is 3. The molecule has 0 aromatic heterocycles. The van der Waals surface area contributed by atoms with E-state index in [0.717, 1.165) is 4.90 Å². The van der Waals surface area contributed by atoms with E-state index in [1.165, 1.54) is 19.2 Å². The van der Waals surface area contributed by atoms with Gasteiger partial charge < -0.3 is 15.3 Å². The van der Waals surface area contributed by atoms with Crippen LogP contribution in [-0.4, -0.2) is 42.0 Å². The lowest BCUT2D eigenvalue weighted by Crippen LogP contribution is -2.38. The lowest BCUT2D eigenvalue weighted by Gasteiger charge is -2.15. The van der Waals surface area contributed by atoms with Gasteiger partial charge in [-0.25, -0.2) is 0 Å². The smallest absolute Gasteiger partial charge is 0.313 e. The van der Waals surface area contributed by atoms with E-state index in [9.17, 15) is 9.59 Å². The molecule has 2 N–H and O–H groups in total. The third-order valence-electron chi connectivity index (χ3n) is 2.16. The van der Waals surface area contributed by atoms with Gasteiger partial charge >= 0.3 is 11.8 Å². The topological polar surface area (TPSA) is 69.6 Å². The van der Waals surface area contributed by atoms with Gasteiger partial charge in [0.15, 0.2) is 0 Å². The number of nitrogens with one attached hydrogen (secondary N) is 1. The van der Waals surface area contributed by atoms with E-state index in [1.54, 1.807) is 6.07 Å². The number of likely N-dealkylation sites (N-methyl/N-ethyl adjacent to an activating group) is 1. The first-order valence-electron chi connectivity index (χ1n) is 5.08. The molecule has 1 aromatic carbocycles. The Morgan fingerprint density at radius 3 is 2.61 bits per heavy atom. The van der Waals surface area contributed by atoms with Gasteiger partial charge in [0.2, 0.25) is 0 Å². The third kappa shape index (κ3) is 3.87. The van der Waals surface area contributed by atoms with E-state index in [0.29, 0.717) is 10.7 Å². The number of aliphatic hydroxyl groups excluding tert-OH is 1. The lowest BCUT2D eigenvalue weighted by atomic mass is 10.3. The van der Waals surface area contributed by atoms with Crippen LogP contribution in [0, 0.1) is 0 Å². The van der Waals surface area contributed by atoms with E-state index in [2.05, 4.69) is 5.32 Å². The highest BCUT2D eigenvalue weighted by Gasteiger charge is 2.19. The van der Waals surface area contributed by atoms with E-state index in [-0.39, 0.29) is 18.2 Å². The molecule has 7 heteroatoms. The Labute approximate surface area is 114 Å². The number of rotatable bonds is 3. The molecule has 0 unspecified atom stereocenters. The number of aliphatic hydroxyl groups is 1. The number of benzene rings is 1. The molecular weight excluding hydrogens is 279 g/mol. The summed E-state index contributed by atoms with van der Waals surface area (Å²) in [7, 11) is 1.42. The molecule has 0 saturated carbocycles. The van der Waals surface area contributed by atoms with Crippen molar-refractivity contribution < 1.29 is 14.7 Å². The normalized spacial score (nSPS) is 10.0. The van der Waals surface area contributed by atoms with Crippen LogP contribution in [0.1, 0.15) is 0 Å². The van der Waals surface area contributed by atoms with Gasteiger partial charge in [-0.2, -0.15) is 0 Å². The lowest BCUT2D eigenvalue weighted by molar-refractivity contribution is -0.142. The van der Waals surface area contributed by atoms with Crippen LogP contribution < -0.4 is 5.32 Å². The van der Waals surface area contributed by atoms with Crippen molar-refractivity contribution in [2.24, 2.45) is 0 Å². The van der Waals surface area contributed by atoms with Gasteiger partial charge in [0.05, 0.1) is 17.3 Å². The summed E-state index contributed by atoms with van der Waals surface area (Å²) >= 11 is 11.6. The first kappa shape index (κ1) is 14.8. The molecule has 0 bridgehead atoms. The zero-order chi connectivity index (χ0) is 13.7. The molecule has 0 spiro atoms. The summed E-state index contributed by atoms with van der Waals surface area (Å²) in [6.07, 6.45) is 0. The Bertz CT molecular complexity index is 466. The van der Waals surface area contributed by atoms with Gasteiger partial charge in [0.1, 0.15) is 0 Å². The van der Waals surface area contributed by atoms with Crippen LogP contribution in [0.5, 0.6) is 0 Å². The van der Waals surface area contributed by atoms with E-state index >= 15 is 0 Å². The fourth-order valence-corrected chi connectivity index (χ4v) is 1.65. The van der Waals surface area contributed by atoms with Gasteiger partial charge in [0, 0.05) is 18.6 Å². The van der Waals surface area contributed by atoms with Crippen molar-refractivity contribution in [2.45, 2.75) is 0 Å². The first-order valence-corrected chi connectivity index (χ1v) is 5.83. The summed E-state index contributed by atoms with van der Waals surface area (Å²) in [5.74, 6) is -1.58. The molecule has 0 fully saturated rings. The monoisotopic (exact) mass is 290 g/mol. The summed E-state index contributed by atoms with van der Waals surface area (Å²) in [5, 5.41) is 11.7. The summed E-state index contributed by atoms with van der Waals surface area (Å²) in [4.78, 5) is 24.2. The van der Waals surface area contributed by atoms with Gasteiger partial charge in [0.25, 0.3) is 0 Å². The average Bonchev–Trinajstić information content (AvgIpc) is 2.32. The zero-order valence-corrected chi connectivity index (χ0v) is 11.1. The standard InChI is InChI=1S/C11H12Cl2N2O3/c1-15(4-5-16)11(18)10(17)14-9-3-2-7(12)6-8(9)13/h2-3,6,16H,4-5H2,1H3,(H,14,17). The highest BCUT2D eigenvalue weighted by Crippen LogP contribution is 2.25. The van der Waals surface area contributed by atoms with Crippen LogP contribution in [0.2, 0.25) is 10.0 Å². The minimum absolute atomic E-state index is 0.0839. The van der Waals surface area contributed by atoms with Crippen molar-refractivity contribution >= 4 is 40.7 Å². The molecule has 0 saturated heterocycles. The maximum absolute atomic E-state index is 11.6. The molecule has 1 aromatic rings. The minimum Gasteiger partial charge on any atom is -0.395 e. The fourth-order valence-electron chi connectivity index (χ4n) is 1.19. The van der Waals surface area contributed by atoms with Gasteiger partial charge in [-0.05, 0) is 18.2 Å². The SMILES string of the molecule is CN(CCO)C(=O)C(=O)Nc1ccc(Cl)cc1Cl. The van der Waals surface area contributed by atoms with Crippen LogP contribution in [-0.2, 0) is 9.59 Å². The molecule has 0 radical (unpaired) electrons. The van der Waals surface area contributed by atoms with Crippen LogP contribution in [0.25, 0.3) is 0 Å². The molecule has 0 aliphatic rings. The van der Waals surface area contributed by atoms with Gasteiger partial charge in [-0.15, -0.1) is 0 Å². The van der Waals surface area contributed by atoms with Crippen LogP contribution in [0.4, 0.5) is 5.69 Å². The third-order valence-corrected chi connectivity index (χ3v) is 2.70. The number of halogens is 2. The van der Waals surface area contributed by atoms with Gasteiger partial charge in [-0.1, -0.05) is 23.2 Å². The van der Waals surface area contributed by atoms with Crippen molar-refractivity contribution in [2.75, 3.05) is 25.5 Å². The predicted octanol–water partition coefficient (Wildman–Crippen LogP) is 1.38. The Kier molecular flexibility index (Phi) is 5.40. The van der Waals surface area contributed by atoms with Gasteiger partial charge in [-0.3, -0.25) is 9.59 Å². The highest BCUT2D eigenvalue weighted by molar-refractivity contribution is 6.42. The molecule has 1 rings (SSSR count). The van der Waals surface area contributed by atoms with E-state index in [4.69, 9.17) is 28.3 Å². The Morgan fingerprint density at radius 1 is 1.39 bits per heavy atom. The molecule has 0 atom stereocenters. The molecule has 0 aliphatic heterocycles. The van der Waals surface area contributed by atoms with Crippen LogP contribution in [0.15, 0.2) is 18.2 Å². The zero-order valence-electron chi connectivity index (χ0n) is 9.61. The summed E-state index contributed by atoms with van der Waals surface area (Å²) in [6.45, 7) is -0.127. The largest absolute Gasteiger partial charge is 0.395 e. The second kappa shape index (κ2) is 6.58. The van der Waals surface area contributed by atoms with Crippen LogP contribution in [0.3, 0.4) is 0 Å². The summed E-state index contributed by atoms with van der Waals surface area (Å²) in [6, 6.07) is 4.51. The molecule has 0 heterocycles.